The van der Waals surface area contributed by atoms with Gasteiger partial charge in [0.2, 0.25) is 11.8 Å². The van der Waals surface area contributed by atoms with Crippen LogP contribution in [-0.4, -0.2) is 18.4 Å². The number of rotatable bonds is 7. The van der Waals surface area contributed by atoms with E-state index in [1.165, 1.54) is 12.5 Å². The molecule has 2 N–H and O–H groups in total. The summed E-state index contributed by atoms with van der Waals surface area (Å²) in [6, 6.07) is 8.37. The summed E-state index contributed by atoms with van der Waals surface area (Å²) in [4.78, 5) is 22.8. The molecule has 0 saturated carbocycles. The first-order chi connectivity index (χ1) is 9.93. The zero-order valence-corrected chi connectivity index (χ0v) is 13.4. The standard InChI is InChI=1S/C17H26N2O2/c1-5-14-6-8-15(9-7-14)17(12(2)3)19-16(21)10-11-18-13(4)20/h6-9,12,17H,5,10-11H2,1-4H3,(H,18,20)(H,19,21). The summed E-state index contributed by atoms with van der Waals surface area (Å²) >= 11 is 0. The molecule has 0 fully saturated rings. The number of hydrogen-bond donors (Lipinski definition) is 2. The van der Waals surface area contributed by atoms with Gasteiger partial charge in [0.15, 0.2) is 0 Å². The van der Waals surface area contributed by atoms with Gasteiger partial charge in [0.1, 0.15) is 0 Å². The minimum atomic E-state index is -0.113. The molecule has 0 aliphatic carbocycles. The number of amides is 2. The highest BCUT2D eigenvalue weighted by molar-refractivity contribution is 5.78. The van der Waals surface area contributed by atoms with E-state index in [9.17, 15) is 9.59 Å². The van der Waals surface area contributed by atoms with Gasteiger partial charge in [-0.25, -0.2) is 0 Å². The predicted molar refractivity (Wildman–Crippen MR) is 84.8 cm³/mol. The van der Waals surface area contributed by atoms with E-state index in [4.69, 9.17) is 0 Å². The van der Waals surface area contributed by atoms with Gasteiger partial charge in [0.05, 0.1) is 6.04 Å². The smallest absolute Gasteiger partial charge is 0.222 e. The lowest BCUT2D eigenvalue weighted by atomic mass is 9.94. The van der Waals surface area contributed by atoms with Crippen LogP contribution in [0.4, 0.5) is 0 Å². The molecule has 4 nitrogen and oxygen atoms in total. The fourth-order valence-electron chi connectivity index (χ4n) is 2.19. The third-order valence-corrected chi connectivity index (χ3v) is 3.46. The van der Waals surface area contributed by atoms with Crippen LogP contribution < -0.4 is 10.6 Å². The number of carbonyl (C=O) groups is 2. The first kappa shape index (κ1) is 17.2. The van der Waals surface area contributed by atoms with Crippen molar-refractivity contribution in [1.29, 1.82) is 0 Å². The van der Waals surface area contributed by atoms with Gasteiger partial charge < -0.3 is 10.6 Å². The van der Waals surface area contributed by atoms with Crippen LogP contribution in [-0.2, 0) is 16.0 Å². The van der Waals surface area contributed by atoms with Crippen molar-refractivity contribution in [2.75, 3.05) is 6.54 Å². The molecular formula is C17H26N2O2. The molecule has 1 aromatic carbocycles. The lowest BCUT2D eigenvalue weighted by Crippen LogP contribution is -2.34. The van der Waals surface area contributed by atoms with E-state index in [0.29, 0.717) is 18.9 Å². The number of carbonyl (C=O) groups excluding carboxylic acids is 2. The van der Waals surface area contributed by atoms with Crippen LogP contribution >= 0.6 is 0 Å². The zero-order valence-electron chi connectivity index (χ0n) is 13.4. The third kappa shape index (κ3) is 5.98. The predicted octanol–water partition coefficient (Wildman–Crippen LogP) is 2.59. The number of benzene rings is 1. The van der Waals surface area contributed by atoms with E-state index in [0.717, 1.165) is 12.0 Å². The molecule has 1 aromatic rings. The summed E-state index contributed by atoms with van der Waals surface area (Å²) in [6.07, 6.45) is 1.31. The van der Waals surface area contributed by atoms with Gasteiger partial charge in [-0.2, -0.15) is 0 Å². The largest absolute Gasteiger partial charge is 0.356 e. The Morgan fingerprint density at radius 3 is 2.24 bits per heavy atom. The van der Waals surface area contributed by atoms with Gasteiger partial charge in [-0.3, -0.25) is 9.59 Å². The minimum Gasteiger partial charge on any atom is -0.356 e. The summed E-state index contributed by atoms with van der Waals surface area (Å²) in [7, 11) is 0. The number of hydrogen-bond acceptors (Lipinski definition) is 2. The van der Waals surface area contributed by atoms with E-state index < -0.39 is 0 Å². The average Bonchev–Trinajstić information content (AvgIpc) is 2.44. The lowest BCUT2D eigenvalue weighted by Gasteiger charge is -2.23. The summed E-state index contributed by atoms with van der Waals surface area (Å²) in [5, 5.41) is 5.69. The van der Waals surface area contributed by atoms with Crippen molar-refractivity contribution < 1.29 is 9.59 Å². The fourth-order valence-corrected chi connectivity index (χ4v) is 2.19. The molecule has 1 atom stereocenters. The highest BCUT2D eigenvalue weighted by atomic mass is 16.2. The molecule has 0 spiro atoms. The highest BCUT2D eigenvalue weighted by Gasteiger charge is 2.18. The minimum absolute atomic E-state index is 0.000680. The Morgan fingerprint density at radius 2 is 1.76 bits per heavy atom. The average molecular weight is 290 g/mol. The number of nitrogens with one attached hydrogen (secondary N) is 2. The van der Waals surface area contributed by atoms with Crippen molar-refractivity contribution in [2.45, 2.75) is 46.6 Å². The van der Waals surface area contributed by atoms with Crippen LogP contribution in [0.2, 0.25) is 0 Å². The van der Waals surface area contributed by atoms with Crippen molar-refractivity contribution >= 4 is 11.8 Å². The zero-order chi connectivity index (χ0) is 15.8. The normalized spacial score (nSPS) is 12.0. The van der Waals surface area contributed by atoms with Gasteiger partial charge in [0, 0.05) is 19.9 Å². The molecule has 0 aliphatic rings. The summed E-state index contributed by atoms with van der Waals surface area (Å²) in [6.45, 7) is 8.13. The third-order valence-electron chi connectivity index (χ3n) is 3.46. The molecule has 116 valence electrons. The second kappa shape index (κ2) is 8.45. The second-order valence-electron chi connectivity index (χ2n) is 5.62. The molecule has 2 amide bonds. The van der Waals surface area contributed by atoms with Crippen molar-refractivity contribution in [1.82, 2.24) is 10.6 Å². The van der Waals surface area contributed by atoms with E-state index >= 15 is 0 Å². The van der Waals surface area contributed by atoms with Crippen LogP contribution in [0.1, 0.15) is 51.3 Å². The molecule has 1 unspecified atom stereocenters. The van der Waals surface area contributed by atoms with E-state index in [-0.39, 0.29) is 17.9 Å². The van der Waals surface area contributed by atoms with Gasteiger partial charge >= 0.3 is 0 Å². The SMILES string of the molecule is CCc1ccc(C(NC(=O)CCNC(C)=O)C(C)C)cc1. The van der Waals surface area contributed by atoms with Crippen molar-refractivity contribution in [2.24, 2.45) is 5.92 Å². The van der Waals surface area contributed by atoms with Gasteiger partial charge in [-0.1, -0.05) is 45.0 Å². The molecule has 4 heteroatoms. The fraction of sp³-hybridized carbons (Fsp3) is 0.529. The topological polar surface area (TPSA) is 58.2 Å². The van der Waals surface area contributed by atoms with Crippen LogP contribution in [0.15, 0.2) is 24.3 Å². The molecule has 0 aromatic heterocycles. The highest BCUT2D eigenvalue weighted by Crippen LogP contribution is 2.22. The van der Waals surface area contributed by atoms with Gasteiger partial charge in [0.25, 0.3) is 0 Å². The molecule has 1 rings (SSSR count). The molecule has 0 saturated heterocycles. The first-order valence-electron chi connectivity index (χ1n) is 7.56. The Labute approximate surface area is 127 Å². The maximum atomic E-state index is 12.0. The summed E-state index contributed by atoms with van der Waals surface area (Å²) in [5.74, 6) is 0.155. The Kier molecular flexibility index (Phi) is 6.92. The van der Waals surface area contributed by atoms with Gasteiger partial charge in [-0.05, 0) is 23.5 Å². The molecule has 0 bridgehead atoms. The lowest BCUT2D eigenvalue weighted by molar-refractivity contribution is -0.122. The Balaban J connectivity index is 2.64. The van der Waals surface area contributed by atoms with Crippen molar-refractivity contribution in [3.8, 4) is 0 Å². The number of aryl methyl sites for hydroxylation is 1. The van der Waals surface area contributed by atoms with E-state index in [1.54, 1.807) is 0 Å². The summed E-state index contributed by atoms with van der Waals surface area (Å²) in [5.41, 5.74) is 2.41. The maximum absolute atomic E-state index is 12.0. The molecule has 21 heavy (non-hydrogen) atoms. The Bertz CT molecular complexity index is 466. The quantitative estimate of drug-likeness (QED) is 0.811. The molecule has 0 radical (unpaired) electrons. The molecule has 0 aliphatic heterocycles. The van der Waals surface area contributed by atoms with Crippen molar-refractivity contribution in [3.63, 3.8) is 0 Å². The second-order valence-corrected chi connectivity index (χ2v) is 5.62. The first-order valence-corrected chi connectivity index (χ1v) is 7.56. The molecular weight excluding hydrogens is 264 g/mol. The van der Waals surface area contributed by atoms with Crippen LogP contribution in [0.5, 0.6) is 0 Å². The summed E-state index contributed by atoms with van der Waals surface area (Å²) < 4.78 is 0. The monoisotopic (exact) mass is 290 g/mol. The Morgan fingerprint density at radius 1 is 1.14 bits per heavy atom. The van der Waals surface area contributed by atoms with E-state index in [2.05, 4.69) is 55.7 Å². The van der Waals surface area contributed by atoms with E-state index in [1.807, 2.05) is 0 Å². The Hall–Kier alpha value is -1.84. The van der Waals surface area contributed by atoms with Crippen LogP contribution in [0.3, 0.4) is 0 Å². The van der Waals surface area contributed by atoms with Crippen LogP contribution in [0, 0.1) is 5.92 Å². The van der Waals surface area contributed by atoms with Crippen LogP contribution in [0.25, 0.3) is 0 Å². The van der Waals surface area contributed by atoms with Crippen molar-refractivity contribution in [3.05, 3.63) is 35.4 Å². The van der Waals surface area contributed by atoms with Gasteiger partial charge in [-0.15, -0.1) is 0 Å². The molecule has 0 heterocycles. The maximum Gasteiger partial charge on any atom is 0.222 e.